The van der Waals surface area contributed by atoms with E-state index in [2.05, 4.69) is 4.98 Å². The van der Waals surface area contributed by atoms with Gasteiger partial charge in [-0.3, -0.25) is 0 Å². The number of H-pyrrole nitrogens is 1. The standard InChI is InChI=1S/C19H20Cl2N2O/c1-24-14-7-5-12(6-8-14)18-15(4-2-3-9-22)16-10-13(20)11-17(21)19(16)23-18/h5-8,10-11,23H,2-4,9,22H2,1H3. The van der Waals surface area contributed by atoms with E-state index in [1.165, 1.54) is 5.56 Å². The summed E-state index contributed by atoms with van der Waals surface area (Å²) in [5.41, 5.74) is 9.98. The molecule has 3 aromatic rings. The molecule has 3 rings (SSSR count). The van der Waals surface area contributed by atoms with E-state index in [-0.39, 0.29) is 0 Å². The molecule has 24 heavy (non-hydrogen) atoms. The van der Waals surface area contributed by atoms with Crippen LogP contribution in [0.25, 0.3) is 22.2 Å². The van der Waals surface area contributed by atoms with E-state index in [9.17, 15) is 0 Å². The van der Waals surface area contributed by atoms with Crippen molar-refractivity contribution in [2.24, 2.45) is 5.73 Å². The van der Waals surface area contributed by atoms with Gasteiger partial charge in [-0.25, -0.2) is 0 Å². The normalized spacial score (nSPS) is 11.2. The van der Waals surface area contributed by atoms with Gasteiger partial charge >= 0.3 is 0 Å². The van der Waals surface area contributed by atoms with Gasteiger partial charge in [0.1, 0.15) is 5.75 Å². The first-order valence-electron chi connectivity index (χ1n) is 7.98. The van der Waals surface area contributed by atoms with Gasteiger partial charge < -0.3 is 15.5 Å². The number of halogens is 2. The van der Waals surface area contributed by atoms with Gasteiger partial charge in [0.05, 0.1) is 17.6 Å². The molecule has 126 valence electrons. The molecule has 0 aliphatic heterocycles. The van der Waals surface area contributed by atoms with Crippen molar-refractivity contribution in [3.63, 3.8) is 0 Å². The number of ether oxygens (including phenoxy) is 1. The molecule has 0 amide bonds. The molecule has 0 radical (unpaired) electrons. The van der Waals surface area contributed by atoms with Gasteiger partial charge in [0.15, 0.2) is 0 Å². The molecular weight excluding hydrogens is 343 g/mol. The highest BCUT2D eigenvalue weighted by atomic mass is 35.5. The van der Waals surface area contributed by atoms with Crippen molar-refractivity contribution in [1.29, 1.82) is 0 Å². The van der Waals surface area contributed by atoms with Crippen LogP contribution in [0, 0.1) is 0 Å². The molecule has 0 aliphatic carbocycles. The number of benzene rings is 2. The van der Waals surface area contributed by atoms with Crippen molar-refractivity contribution < 1.29 is 4.74 Å². The molecule has 0 bridgehead atoms. The highest BCUT2D eigenvalue weighted by Gasteiger charge is 2.16. The molecule has 3 N–H and O–H groups in total. The smallest absolute Gasteiger partial charge is 0.118 e. The predicted octanol–water partition coefficient (Wildman–Crippen LogP) is 5.43. The zero-order valence-electron chi connectivity index (χ0n) is 13.5. The molecule has 0 saturated heterocycles. The fourth-order valence-corrected chi connectivity index (χ4v) is 3.52. The molecule has 0 saturated carbocycles. The predicted molar refractivity (Wildman–Crippen MR) is 102 cm³/mol. The Bertz CT molecular complexity index is 841. The number of fused-ring (bicyclic) bond motifs is 1. The Balaban J connectivity index is 2.13. The van der Waals surface area contributed by atoms with E-state index in [1.807, 2.05) is 30.3 Å². The third kappa shape index (κ3) is 3.39. The van der Waals surface area contributed by atoms with Crippen molar-refractivity contribution >= 4 is 34.1 Å². The van der Waals surface area contributed by atoms with Gasteiger partial charge in [-0.1, -0.05) is 23.2 Å². The summed E-state index contributed by atoms with van der Waals surface area (Å²) >= 11 is 12.6. The van der Waals surface area contributed by atoms with E-state index < -0.39 is 0 Å². The zero-order valence-corrected chi connectivity index (χ0v) is 15.0. The van der Waals surface area contributed by atoms with E-state index in [1.54, 1.807) is 13.2 Å². The summed E-state index contributed by atoms with van der Waals surface area (Å²) in [6.07, 6.45) is 2.94. The largest absolute Gasteiger partial charge is 0.497 e. The number of nitrogens with one attached hydrogen (secondary N) is 1. The Morgan fingerprint density at radius 3 is 2.50 bits per heavy atom. The topological polar surface area (TPSA) is 51.0 Å². The molecule has 5 heteroatoms. The number of methoxy groups -OCH3 is 1. The molecular formula is C19H20Cl2N2O. The van der Waals surface area contributed by atoms with Crippen molar-refractivity contribution in [1.82, 2.24) is 4.98 Å². The highest BCUT2D eigenvalue weighted by Crippen LogP contribution is 2.37. The number of aromatic amines is 1. The lowest BCUT2D eigenvalue weighted by atomic mass is 10.0. The van der Waals surface area contributed by atoms with Crippen LogP contribution in [0.4, 0.5) is 0 Å². The molecule has 1 heterocycles. The number of hydrogen-bond donors (Lipinski definition) is 2. The molecule has 0 fully saturated rings. The SMILES string of the molecule is COc1ccc(-c2[nH]c3c(Cl)cc(Cl)cc3c2CCCCN)cc1. The Hall–Kier alpha value is -1.68. The van der Waals surface area contributed by atoms with E-state index in [4.69, 9.17) is 33.7 Å². The molecule has 1 aromatic heterocycles. The summed E-state index contributed by atoms with van der Waals surface area (Å²) in [6.45, 7) is 0.696. The molecule has 2 aromatic carbocycles. The number of hydrogen-bond acceptors (Lipinski definition) is 2. The van der Waals surface area contributed by atoms with Gasteiger partial charge in [-0.05, 0) is 73.3 Å². The first-order valence-corrected chi connectivity index (χ1v) is 8.73. The van der Waals surface area contributed by atoms with Crippen LogP contribution in [-0.4, -0.2) is 18.6 Å². The monoisotopic (exact) mass is 362 g/mol. The maximum absolute atomic E-state index is 6.39. The fourth-order valence-electron chi connectivity index (χ4n) is 2.98. The van der Waals surface area contributed by atoms with E-state index in [0.29, 0.717) is 16.6 Å². The molecule has 0 aliphatic rings. The summed E-state index contributed by atoms with van der Waals surface area (Å²) in [5, 5.41) is 2.36. The Labute approximate surface area is 151 Å². The number of aryl methyl sites for hydroxylation is 1. The minimum absolute atomic E-state index is 0.636. The highest BCUT2D eigenvalue weighted by molar-refractivity contribution is 6.38. The third-order valence-electron chi connectivity index (χ3n) is 4.19. The molecule has 0 atom stereocenters. The average molecular weight is 363 g/mol. The van der Waals surface area contributed by atoms with Crippen LogP contribution in [0.1, 0.15) is 18.4 Å². The number of aromatic nitrogens is 1. The van der Waals surface area contributed by atoms with Gasteiger partial charge in [0.25, 0.3) is 0 Å². The number of rotatable bonds is 6. The van der Waals surface area contributed by atoms with Crippen molar-refractivity contribution in [3.8, 4) is 17.0 Å². The van der Waals surface area contributed by atoms with Gasteiger partial charge in [-0.15, -0.1) is 0 Å². The molecule has 0 unspecified atom stereocenters. The van der Waals surface area contributed by atoms with Crippen molar-refractivity contribution in [2.75, 3.05) is 13.7 Å². The van der Waals surface area contributed by atoms with E-state index in [0.717, 1.165) is 47.2 Å². The lowest BCUT2D eigenvalue weighted by molar-refractivity contribution is 0.415. The quantitative estimate of drug-likeness (QED) is 0.574. The summed E-state index contributed by atoms with van der Waals surface area (Å²) < 4.78 is 5.25. The summed E-state index contributed by atoms with van der Waals surface area (Å²) in [4.78, 5) is 3.48. The van der Waals surface area contributed by atoms with Gasteiger partial charge in [-0.2, -0.15) is 0 Å². The Morgan fingerprint density at radius 2 is 1.83 bits per heavy atom. The minimum Gasteiger partial charge on any atom is -0.497 e. The van der Waals surface area contributed by atoms with Crippen molar-refractivity contribution in [2.45, 2.75) is 19.3 Å². The van der Waals surface area contributed by atoms with Crippen LogP contribution in [-0.2, 0) is 6.42 Å². The van der Waals surface area contributed by atoms with Crippen LogP contribution in [0.3, 0.4) is 0 Å². The number of nitrogens with two attached hydrogens (primary N) is 1. The summed E-state index contributed by atoms with van der Waals surface area (Å²) in [7, 11) is 1.66. The van der Waals surface area contributed by atoms with Crippen LogP contribution in [0.5, 0.6) is 5.75 Å². The maximum atomic E-state index is 6.39. The molecule has 3 nitrogen and oxygen atoms in total. The zero-order chi connectivity index (χ0) is 17.1. The second-order valence-corrected chi connectivity index (χ2v) is 6.61. The second-order valence-electron chi connectivity index (χ2n) is 5.76. The average Bonchev–Trinajstić information content (AvgIpc) is 2.94. The Morgan fingerprint density at radius 1 is 1.08 bits per heavy atom. The minimum atomic E-state index is 0.636. The summed E-state index contributed by atoms with van der Waals surface area (Å²) in [6, 6.07) is 11.8. The summed E-state index contributed by atoms with van der Waals surface area (Å²) in [5.74, 6) is 0.834. The maximum Gasteiger partial charge on any atom is 0.118 e. The fraction of sp³-hybridized carbons (Fsp3) is 0.263. The second kappa shape index (κ2) is 7.47. The third-order valence-corrected chi connectivity index (χ3v) is 4.71. The van der Waals surface area contributed by atoms with Crippen LogP contribution >= 0.6 is 23.2 Å². The molecule has 0 spiro atoms. The van der Waals surface area contributed by atoms with Crippen LogP contribution < -0.4 is 10.5 Å². The number of unbranched alkanes of at least 4 members (excludes halogenated alkanes) is 1. The Kier molecular flexibility index (Phi) is 5.34. The lowest BCUT2D eigenvalue weighted by Crippen LogP contribution is -1.99. The first kappa shape index (κ1) is 17.2. The van der Waals surface area contributed by atoms with Gasteiger partial charge in [0.2, 0.25) is 0 Å². The lowest BCUT2D eigenvalue weighted by Gasteiger charge is -2.06. The van der Waals surface area contributed by atoms with Crippen LogP contribution in [0.2, 0.25) is 10.0 Å². The van der Waals surface area contributed by atoms with E-state index >= 15 is 0 Å². The van der Waals surface area contributed by atoms with Crippen LogP contribution in [0.15, 0.2) is 36.4 Å². The van der Waals surface area contributed by atoms with Gasteiger partial charge in [0, 0.05) is 16.1 Å². The van der Waals surface area contributed by atoms with Crippen molar-refractivity contribution in [3.05, 3.63) is 52.0 Å². The first-order chi connectivity index (χ1) is 11.6.